The monoisotopic (exact) mass is 302 g/mol. The molecule has 0 atom stereocenters. The number of nitrogens with zero attached hydrogens (tertiary/aromatic N) is 1. The van der Waals surface area contributed by atoms with Gasteiger partial charge in [0.15, 0.2) is 0 Å². The maximum absolute atomic E-state index is 12.1. The minimum atomic E-state index is -2.92. The summed E-state index contributed by atoms with van der Waals surface area (Å²) in [4.78, 5) is 13.5. The molecule has 7 heteroatoms. The van der Waals surface area contributed by atoms with Crippen LogP contribution in [0.4, 0.5) is 19.3 Å². The molecule has 2 N–H and O–H groups in total. The number of hydrogen-bond acceptors (Lipinski definition) is 3. The van der Waals surface area contributed by atoms with Gasteiger partial charge < -0.3 is 20.1 Å². The highest BCUT2D eigenvalue weighted by molar-refractivity contribution is 5.89. The lowest BCUT2D eigenvalue weighted by molar-refractivity contribution is -0.0498. The maximum Gasteiger partial charge on any atom is 0.387 e. The molecule has 1 rings (SSSR count). The van der Waals surface area contributed by atoms with Crippen molar-refractivity contribution in [1.82, 2.24) is 4.90 Å². The Labute approximate surface area is 122 Å². The molecule has 1 aromatic carbocycles. The predicted octanol–water partition coefficient (Wildman–Crippen LogP) is 2.91. The number of benzene rings is 1. The third kappa shape index (κ3) is 6.40. The van der Waals surface area contributed by atoms with Crippen molar-refractivity contribution in [3.8, 4) is 5.75 Å². The van der Waals surface area contributed by atoms with E-state index < -0.39 is 18.2 Å². The SMILES string of the molecule is CCN(CC(C)(C)O)C(=O)Nc1cccc(OC(F)F)c1. The summed E-state index contributed by atoms with van der Waals surface area (Å²) in [5, 5.41) is 12.3. The minimum Gasteiger partial charge on any atom is -0.435 e. The second-order valence-electron chi connectivity index (χ2n) is 5.16. The van der Waals surface area contributed by atoms with Gasteiger partial charge >= 0.3 is 12.6 Å². The summed E-state index contributed by atoms with van der Waals surface area (Å²) in [5.74, 6) is -0.0339. The van der Waals surface area contributed by atoms with Crippen LogP contribution in [0.25, 0.3) is 0 Å². The summed E-state index contributed by atoms with van der Waals surface area (Å²) in [6, 6.07) is 5.32. The molecular formula is C14H20F2N2O3. The van der Waals surface area contributed by atoms with Gasteiger partial charge in [0.05, 0.1) is 12.1 Å². The van der Waals surface area contributed by atoms with E-state index >= 15 is 0 Å². The minimum absolute atomic E-state index is 0.0339. The Balaban J connectivity index is 2.73. The van der Waals surface area contributed by atoms with E-state index in [4.69, 9.17) is 0 Å². The topological polar surface area (TPSA) is 61.8 Å². The van der Waals surface area contributed by atoms with Crippen LogP contribution in [0.3, 0.4) is 0 Å². The molecular weight excluding hydrogens is 282 g/mol. The van der Waals surface area contributed by atoms with E-state index in [1.165, 1.54) is 23.1 Å². The summed E-state index contributed by atoms with van der Waals surface area (Å²) in [6.07, 6.45) is 0. The molecule has 1 aromatic rings. The number of likely N-dealkylation sites (N-methyl/N-ethyl adjacent to an activating group) is 1. The number of alkyl halides is 2. The molecule has 0 heterocycles. The van der Waals surface area contributed by atoms with Gasteiger partial charge in [-0.2, -0.15) is 8.78 Å². The lowest BCUT2D eigenvalue weighted by Crippen LogP contribution is -2.44. The summed E-state index contributed by atoms with van der Waals surface area (Å²) in [6.45, 7) is 2.62. The Bertz CT molecular complexity index is 476. The Hall–Kier alpha value is -1.89. The first-order valence-electron chi connectivity index (χ1n) is 6.54. The smallest absolute Gasteiger partial charge is 0.387 e. The largest absolute Gasteiger partial charge is 0.435 e. The normalized spacial score (nSPS) is 11.4. The molecule has 0 radical (unpaired) electrons. The molecule has 0 saturated heterocycles. The summed E-state index contributed by atoms with van der Waals surface area (Å²) >= 11 is 0. The van der Waals surface area contributed by atoms with Crippen LogP contribution in [-0.2, 0) is 0 Å². The summed E-state index contributed by atoms with van der Waals surface area (Å²) < 4.78 is 28.5. The van der Waals surface area contributed by atoms with E-state index in [-0.39, 0.29) is 12.3 Å². The average molecular weight is 302 g/mol. The van der Waals surface area contributed by atoms with Gasteiger partial charge in [0, 0.05) is 18.3 Å². The highest BCUT2D eigenvalue weighted by Crippen LogP contribution is 2.19. The number of anilines is 1. The van der Waals surface area contributed by atoms with Gasteiger partial charge in [0.1, 0.15) is 5.75 Å². The molecule has 118 valence electrons. The second kappa shape index (κ2) is 7.21. The molecule has 0 unspecified atom stereocenters. The van der Waals surface area contributed by atoms with Gasteiger partial charge in [-0.3, -0.25) is 0 Å². The third-order valence-corrected chi connectivity index (χ3v) is 2.56. The summed E-state index contributed by atoms with van der Waals surface area (Å²) in [7, 11) is 0. The van der Waals surface area contributed by atoms with E-state index in [0.717, 1.165) is 0 Å². The molecule has 0 aromatic heterocycles. The number of nitrogens with one attached hydrogen (secondary N) is 1. The molecule has 0 aliphatic carbocycles. The number of carbonyl (C=O) groups excluding carboxylic acids is 1. The average Bonchev–Trinajstić information content (AvgIpc) is 2.34. The molecule has 21 heavy (non-hydrogen) atoms. The Morgan fingerprint density at radius 3 is 2.67 bits per heavy atom. The molecule has 0 saturated carbocycles. The molecule has 0 bridgehead atoms. The molecule has 0 aliphatic rings. The van der Waals surface area contributed by atoms with Crippen molar-refractivity contribution in [2.75, 3.05) is 18.4 Å². The van der Waals surface area contributed by atoms with E-state index in [0.29, 0.717) is 12.2 Å². The van der Waals surface area contributed by atoms with Gasteiger partial charge in [0.25, 0.3) is 0 Å². The molecule has 5 nitrogen and oxygen atoms in total. The van der Waals surface area contributed by atoms with E-state index in [1.807, 2.05) is 0 Å². The molecule has 0 spiro atoms. The first-order valence-corrected chi connectivity index (χ1v) is 6.54. The van der Waals surface area contributed by atoms with Crippen molar-refractivity contribution in [1.29, 1.82) is 0 Å². The van der Waals surface area contributed by atoms with Gasteiger partial charge in [-0.15, -0.1) is 0 Å². The Kier molecular flexibility index (Phi) is 5.90. The zero-order chi connectivity index (χ0) is 16.0. The van der Waals surface area contributed by atoms with Crippen LogP contribution in [-0.4, -0.2) is 41.3 Å². The first kappa shape index (κ1) is 17.2. The lowest BCUT2D eigenvalue weighted by atomic mass is 10.1. The highest BCUT2D eigenvalue weighted by Gasteiger charge is 2.21. The number of ether oxygens (including phenoxy) is 1. The zero-order valence-corrected chi connectivity index (χ0v) is 12.3. The number of hydrogen-bond donors (Lipinski definition) is 2. The van der Waals surface area contributed by atoms with Crippen LogP contribution < -0.4 is 10.1 Å². The third-order valence-electron chi connectivity index (χ3n) is 2.56. The quantitative estimate of drug-likeness (QED) is 0.849. The van der Waals surface area contributed by atoms with Crippen LogP contribution in [0.5, 0.6) is 5.75 Å². The molecule has 0 aliphatic heterocycles. The van der Waals surface area contributed by atoms with Crippen molar-refractivity contribution in [2.24, 2.45) is 0 Å². The lowest BCUT2D eigenvalue weighted by Gasteiger charge is -2.28. The van der Waals surface area contributed by atoms with Crippen LogP contribution in [0.15, 0.2) is 24.3 Å². The number of amides is 2. The van der Waals surface area contributed by atoms with E-state index in [9.17, 15) is 18.7 Å². The number of aliphatic hydroxyl groups is 1. The Morgan fingerprint density at radius 1 is 1.48 bits per heavy atom. The van der Waals surface area contributed by atoms with Gasteiger partial charge in [-0.1, -0.05) is 6.07 Å². The van der Waals surface area contributed by atoms with E-state index in [1.54, 1.807) is 26.8 Å². The van der Waals surface area contributed by atoms with Crippen molar-refractivity contribution in [2.45, 2.75) is 33.0 Å². The number of carbonyl (C=O) groups is 1. The highest BCUT2D eigenvalue weighted by atomic mass is 19.3. The van der Waals surface area contributed by atoms with Crippen molar-refractivity contribution >= 4 is 11.7 Å². The van der Waals surface area contributed by atoms with Gasteiger partial charge in [-0.25, -0.2) is 4.79 Å². The van der Waals surface area contributed by atoms with Crippen molar-refractivity contribution < 1.29 is 23.4 Å². The molecule has 2 amide bonds. The number of urea groups is 1. The Morgan fingerprint density at radius 2 is 2.14 bits per heavy atom. The van der Waals surface area contributed by atoms with E-state index in [2.05, 4.69) is 10.1 Å². The molecule has 0 fully saturated rings. The van der Waals surface area contributed by atoms with Crippen molar-refractivity contribution in [3.05, 3.63) is 24.3 Å². The predicted molar refractivity (Wildman–Crippen MR) is 75.6 cm³/mol. The first-order chi connectivity index (χ1) is 9.71. The van der Waals surface area contributed by atoms with Crippen LogP contribution >= 0.6 is 0 Å². The number of rotatable bonds is 6. The zero-order valence-electron chi connectivity index (χ0n) is 12.3. The van der Waals surface area contributed by atoms with Crippen LogP contribution in [0, 0.1) is 0 Å². The van der Waals surface area contributed by atoms with Crippen LogP contribution in [0.2, 0.25) is 0 Å². The van der Waals surface area contributed by atoms with Gasteiger partial charge in [0.2, 0.25) is 0 Å². The second-order valence-corrected chi connectivity index (χ2v) is 5.16. The fourth-order valence-electron chi connectivity index (χ4n) is 1.75. The maximum atomic E-state index is 12.1. The van der Waals surface area contributed by atoms with Gasteiger partial charge in [-0.05, 0) is 32.9 Å². The fraction of sp³-hybridized carbons (Fsp3) is 0.500. The standard InChI is InChI=1S/C14H20F2N2O3/c1-4-18(9-14(2,3)20)13(19)17-10-6-5-7-11(8-10)21-12(15)16/h5-8,12,20H,4,9H2,1-3H3,(H,17,19). The fourth-order valence-corrected chi connectivity index (χ4v) is 1.75. The summed E-state index contributed by atoms with van der Waals surface area (Å²) in [5.41, 5.74) is -0.680. The van der Waals surface area contributed by atoms with Crippen LogP contribution in [0.1, 0.15) is 20.8 Å². The number of halogens is 2. The van der Waals surface area contributed by atoms with Crippen molar-refractivity contribution in [3.63, 3.8) is 0 Å².